The molecule has 3 N–H and O–H groups in total. The molecule has 6 rings (SSSR count). The van der Waals surface area contributed by atoms with E-state index in [0.717, 1.165) is 46.6 Å². The van der Waals surface area contributed by atoms with Crippen LogP contribution in [0.2, 0.25) is 0 Å². The predicted octanol–water partition coefficient (Wildman–Crippen LogP) is 4.10. The average molecular weight is 635 g/mol. The van der Waals surface area contributed by atoms with Crippen LogP contribution in [0, 0.1) is 10.3 Å². The third kappa shape index (κ3) is 6.35. The molecule has 1 aromatic carbocycles. The number of fused-ring (bicyclic) bond motifs is 6. The Hall–Kier alpha value is -3.58. The molecule has 46 heavy (non-hydrogen) atoms. The molecule has 3 aliphatic rings. The number of hydrogen-bond acceptors (Lipinski definition) is 9. The number of morpholine rings is 1. The van der Waals surface area contributed by atoms with Crippen LogP contribution in [0.15, 0.2) is 36.5 Å². The second-order valence-electron chi connectivity index (χ2n) is 13.5. The van der Waals surface area contributed by atoms with Gasteiger partial charge < -0.3 is 24.7 Å². The molecule has 3 aromatic rings. The maximum absolute atomic E-state index is 13.3. The van der Waals surface area contributed by atoms with Gasteiger partial charge in [-0.3, -0.25) is 14.8 Å². The highest BCUT2D eigenvalue weighted by Crippen LogP contribution is 2.42. The lowest BCUT2D eigenvalue weighted by Gasteiger charge is -2.36. The number of nitrogens with two attached hydrogens (primary N) is 1. The summed E-state index contributed by atoms with van der Waals surface area (Å²) in [7, 11) is 1.71. The summed E-state index contributed by atoms with van der Waals surface area (Å²) in [5.41, 5.74) is 15.5. The van der Waals surface area contributed by atoms with E-state index in [-0.39, 0.29) is 24.7 Å². The molecule has 3 aliphatic heterocycles. The number of ether oxygens (including phenoxy) is 2. The number of nitrogens with zero attached hydrogens (tertiary/aromatic N) is 5. The number of benzene rings is 1. The fourth-order valence-corrected chi connectivity index (χ4v) is 7.09. The number of aromatic nitrogens is 2. The average Bonchev–Trinajstić information content (AvgIpc) is 3.37. The van der Waals surface area contributed by atoms with Gasteiger partial charge in [0.05, 0.1) is 41.2 Å². The summed E-state index contributed by atoms with van der Waals surface area (Å²) < 4.78 is 14.2. The number of rotatable bonds is 4. The van der Waals surface area contributed by atoms with Crippen LogP contribution in [0.1, 0.15) is 64.3 Å². The Balaban J connectivity index is 1.49. The van der Waals surface area contributed by atoms with Gasteiger partial charge in [-0.05, 0) is 69.0 Å². The van der Waals surface area contributed by atoms with Gasteiger partial charge in [-0.15, -0.1) is 0 Å². The zero-order chi connectivity index (χ0) is 32.6. The molecular weight excluding hydrogens is 586 g/mol. The number of pyridine rings is 1. The molecule has 0 spiro atoms. The molecular formula is C34H48N7O5+. The van der Waals surface area contributed by atoms with Crippen molar-refractivity contribution in [1.29, 1.82) is 0 Å². The van der Waals surface area contributed by atoms with Gasteiger partial charge in [-0.2, -0.15) is 5.43 Å². The van der Waals surface area contributed by atoms with Gasteiger partial charge in [-0.1, -0.05) is 13.8 Å². The molecule has 2 aromatic heterocycles. The van der Waals surface area contributed by atoms with E-state index in [1.807, 2.05) is 19.2 Å². The number of hydrazine groups is 1. The Bertz CT molecular complexity index is 1590. The number of carbonyl (C=O) groups excluding carboxylic acids is 1. The summed E-state index contributed by atoms with van der Waals surface area (Å²) in [5, 5.41) is 2.64. The van der Waals surface area contributed by atoms with Gasteiger partial charge in [0.25, 0.3) is 5.91 Å². The van der Waals surface area contributed by atoms with Crippen LogP contribution < -0.4 is 16.1 Å². The lowest BCUT2D eigenvalue weighted by Crippen LogP contribution is -2.60. The van der Waals surface area contributed by atoms with Crippen molar-refractivity contribution < 1.29 is 24.0 Å². The summed E-state index contributed by atoms with van der Waals surface area (Å²) >= 11 is 0. The topological polar surface area (TPSA) is 127 Å². The number of aryl methyl sites for hydroxylation is 1. The van der Waals surface area contributed by atoms with Crippen molar-refractivity contribution in [2.45, 2.75) is 84.3 Å². The van der Waals surface area contributed by atoms with Crippen LogP contribution in [-0.4, -0.2) is 83.7 Å². The zero-order valence-electron chi connectivity index (χ0n) is 27.7. The van der Waals surface area contributed by atoms with Crippen LogP contribution in [0.5, 0.6) is 0 Å². The highest BCUT2D eigenvalue weighted by atomic mass is 16.8. The third-order valence-electron chi connectivity index (χ3n) is 9.56. The molecule has 248 valence electrons. The first kappa shape index (κ1) is 32.4. The van der Waals surface area contributed by atoms with E-state index in [0.29, 0.717) is 50.3 Å². The smallest absolute Gasteiger partial charge is 0.326 e. The van der Waals surface area contributed by atoms with E-state index in [2.05, 4.69) is 59.9 Å². The maximum Gasteiger partial charge on any atom is 0.326 e. The first-order valence-electron chi connectivity index (χ1n) is 16.5. The van der Waals surface area contributed by atoms with Crippen molar-refractivity contribution in [3.8, 4) is 11.3 Å². The van der Waals surface area contributed by atoms with Gasteiger partial charge in [0.1, 0.15) is 0 Å². The van der Waals surface area contributed by atoms with Crippen LogP contribution in [0.3, 0.4) is 0 Å². The van der Waals surface area contributed by atoms with Crippen molar-refractivity contribution in [1.82, 2.24) is 20.0 Å². The Labute approximate surface area is 270 Å². The van der Waals surface area contributed by atoms with Crippen molar-refractivity contribution in [2.75, 3.05) is 44.9 Å². The lowest BCUT2D eigenvalue weighted by atomic mass is 9.84. The minimum absolute atomic E-state index is 0.194. The number of methoxy groups -OCH3 is 1. The summed E-state index contributed by atoms with van der Waals surface area (Å²) in [6, 6.07) is 10.0. The highest BCUT2D eigenvalue weighted by Gasteiger charge is 2.39. The van der Waals surface area contributed by atoms with Gasteiger partial charge >= 0.3 is 6.17 Å². The number of carbonyl (C=O) groups is 1. The molecule has 1 amide bonds. The van der Waals surface area contributed by atoms with E-state index in [1.54, 1.807) is 7.11 Å². The van der Waals surface area contributed by atoms with Crippen LogP contribution >= 0.6 is 0 Å². The number of anilines is 1. The van der Waals surface area contributed by atoms with Crippen molar-refractivity contribution >= 4 is 22.5 Å². The predicted molar refractivity (Wildman–Crippen MR) is 176 cm³/mol. The Morgan fingerprint density at radius 3 is 2.87 bits per heavy atom. The first-order valence-corrected chi connectivity index (χ1v) is 16.5. The Morgan fingerprint density at radius 1 is 1.26 bits per heavy atom. The Morgan fingerprint density at radius 2 is 2.09 bits per heavy atom. The maximum atomic E-state index is 13.3. The van der Waals surface area contributed by atoms with Crippen LogP contribution in [-0.2, 0) is 32.1 Å². The van der Waals surface area contributed by atoms with Crippen LogP contribution in [0.4, 0.5) is 5.69 Å². The molecule has 0 saturated carbocycles. The summed E-state index contributed by atoms with van der Waals surface area (Å²) in [6.07, 6.45) is 3.00. The minimum Gasteiger partial charge on any atom is -0.375 e. The van der Waals surface area contributed by atoms with E-state index < -0.39 is 17.6 Å². The standard InChI is InChI=1S/C34H48N7O5/c1-6-39-29-12-11-23-17-26(29)27(32(39)25-9-7-13-36-31(25)22(2)44-5)19-34(3,4)21-46-41(43)30-10-8-14-40(37-30)33(42)28(35)18-24-20-38(23)15-16-45-24/h7,9,11-13,17,22,24,28,30,37H,6,8,10,14-16,18-21,35H2,1-5H3/q+1/t22-,24-,28-,30+/m0/s1. The minimum atomic E-state index is -0.756. The van der Waals surface area contributed by atoms with Gasteiger partial charge in [0, 0.05) is 73.5 Å². The van der Waals surface area contributed by atoms with E-state index >= 15 is 0 Å². The molecule has 2 saturated heterocycles. The summed E-state index contributed by atoms with van der Waals surface area (Å²) in [4.78, 5) is 40.2. The van der Waals surface area contributed by atoms with E-state index in [4.69, 9.17) is 25.0 Å². The fraction of sp³-hybridized carbons (Fsp3) is 0.588. The fourth-order valence-electron chi connectivity index (χ4n) is 7.09. The number of nitrogens with one attached hydrogen (secondary N) is 1. The van der Waals surface area contributed by atoms with Gasteiger partial charge in [0.15, 0.2) is 6.61 Å². The van der Waals surface area contributed by atoms with Crippen molar-refractivity contribution in [3.05, 3.63) is 52.7 Å². The molecule has 0 radical (unpaired) electrons. The largest absolute Gasteiger partial charge is 0.375 e. The second-order valence-corrected chi connectivity index (χ2v) is 13.5. The van der Waals surface area contributed by atoms with E-state index in [1.165, 1.54) is 10.6 Å². The number of hydrogen-bond donors (Lipinski definition) is 2. The molecule has 2 fully saturated rings. The molecule has 0 unspecified atom stereocenters. The normalized spacial score (nSPS) is 24.9. The van der Waals surface area contributed by atoms with Crippen molar-refractivity contribution in [3.63, 3.8) is 0 Å². The quantitative estimate of drug-likeness (QED) is 0.436. The molecule has 0 aliphatic carbocycles. The lowest BCUT2D eigenvalue weighted by molar-refractivity contribution is -0.835. The zero-order valence-corrected chi connectivity index (χ0v) is 27.7. The number of amides is 1. The third-order valence-corrected chi connectivity index (χ3v) is 9.56. The SMILES string of the molecule is CCn1c(-c2cccnc2[C@H](C)OC)c2c3cc(ccc31)N1CCO[C@@H](C[C@H](N)C(=O)N3CCC[C@H](N3)[N+](=O)OCC(C)(C)C2)C1. The van der Waals surface area contributed by atoms with Gasteiger partial charge in [-0.25, -0.2) is 4.84 Å². The first-order chi connectivity index (χ1) is 22.1. The molecule has 5 heterocycles. The van der Waals surface area contributed by atoms with Crippen molar-refractivity contribution in [2.24, 2.45) is 11.1 Å². The van der Waals surface area contributed by atoms with Crippen LogP contribution in [0.25, 0.3) is 22.2 Å². The Kier molecular flexibility index (Phi) is 9.33. The van der Waals surface area contributed by atoms with E-state index in [9.17, 15) is 9.70 Å². The summed E-state index contributed by atoms with van der Waals surface area (Å²) in [6.45, 7) is 11.8. The van der Waals surface area contributed by atoms with Gasteiger partial charge in [0.2, 0.25) is 4.92 Å². The molecule has 4 atom stereocenters. The monoisotopic (exact) mass is 634 g/mol. The summed E-state index contributed by atoms with van der Waals surface area (Å²) in [5.74, 6) is -0.239. The highest BCUT2D eigenvalue weighted by molar-refractivity contribution is 5.94. The molecule has 12 nitrogen and oxygen atoms in total. The second kappa shape index (κ2) is 13.3. The molecule has 6 bridgehead atoms. The molecule has 12 heteroatoms.